The second-order valence-electron chi connectivity index (χ2n) is 6.11. The van der Waals surface area contributed by atoms with Crippen LogP contribution < -0.4 is 11.1 Å². The zero-order chi connectivity index (χ0) is 17.2. The van der Waals surface area contributed by atoms with Crippen LogP contribution in [0.5, 0.6) is 0 Å². The molecule has 128 valence electrons. The smallest absolute Gasteiger partial charge is 0.222 e. The van der Waals surface area contributed by atoms with Crippen LogP contribution in [0.25, 0.3) is 11.4 Å². The summed E-state index contributed by atoms with van der Waals surface area (Å²) in [4.78, 5) is 12.7. The van der Waals surface area contributed by atoms with Gasteiger partial charge in [-0.25, -0.2) is 4.98 Å². The van der Waals surface area contributed by atoms with Crippen molar-refractivity contribution in [2.75, 3.05) is 11.1 Å². The van der Waals surface area contributed by atoms with Gasteiger partial charge in [-0.2, -0.15) is 4.98 Å². The predicted molar refractivity (Wildman–Crippen MR) is 91.5 cm³/mol. The molecule has 1 fully saturated rings. The third kappa shape index (κ3) is 3.43. The van der Waals surface area contributed by atoms with Gasteiger partial charge in [0.1, 0.15) is 11.5 Å². The van der Waals surface area contributed by atoms with Gasteiger partial charge in [-0.3, -0.25) is 4.98 Å². The summed E-state index contributed by atoms with van der Waals surface area (Å²) in [5.41, 5.74) is 8.09. The molecule has 0 bridgehead atoms. The minimum absolute atomic E-state index is 0.216. The first-order valence-corrected chi connectivity index (χ1v) is 8.11. The summed E-state index contributed by atoms with van der Waals surface area (Å²) in [5.74, 6) is 1.74. The average Bonchev–Trinajstić information content (AvgIpc) is 3.06. The molecule has 0 spiro atoms. The van der Waals surface area contributed by atoms with E-state index in [1.54, 1.807) is 6.20 Å². The molecule has 1 aliphatic carbocycles. The maximum absolute atomic E-state index is 9.45. The number of rotatable bonds is 5. The lowest BCUT2D eigenvalue weighted by Crippen LogP contribution is -2.27. The second kappa shape index (κ2) is 6.48. The number of hydrogen-bond acceptors (Lipinski definition) is 8. The van der Waals surface area contributed by atoms with Crippen LogP contribution in [-0.2, 0) is 6.54 Å². The standard InChI is InChI=1S/C17H18N6O2/c18-17-21-14(10-5-11(24)6-10)8-16(22-17)20-9-12-7-15(23-25-12)13-3-1-2-4-19-13/h1-4,7-8,10-11,24H,5-6,9H2,(H3,18,20,21,22). The molecule has 1 aliphatic rings. The van der Waals surface area contributed by atoms with Gasteiger partial charge in [0.05, 0.1) is 24.0 Å². The van der Waals surface area contributed by atoms with Gasteiger partial charge >= 0.3 is 0 Å². The fourth-order valence-electron chi connectivity index (χ4n) is 2.82. The molecule has 0 aromatic carbocycles. The van der Waals surface area contributed by atoms with Crippen LogP contribution in [0.15, 0.2) is 41.1 Å². The Labute approximate surface area is 144 Å². The molecular weight excluding hydrogens is 320 g/mol. The van der Waals surface area contributed by atoms with Gasteiger partial charge in [0.2, 0.25) is 5.95 Å². The third-order valence-corrected chi connectivity index (χ3v) is 4.22. The van der Waals surface area contributed by atoms with Gasteiger partial charge in [0.15, 0.2) is 5.76 Å². The molecule has 0 aliphatic heterocycles. The average molecular weight is 338 g/mol. The lowest BCUT2D eigenvalue weighted by atomic mass is 9.80. The maximum atomic E-state index is 9.45. The molecule has 0 radical (unpaired) electrons. The molecule has 4 N–H and O–H groups in total. The molecule has 0 unspecified atom stereocenters. The van der Waals surface area contributed by atoms with E-state index in [9.17, 15) is 5.11 Å². The molecule has 8 nitrogen and oxygen atoms in total. The highest BCUT2D eigenvalue weighted by molar-refractivity contribution is 5.53. The Hall–Kier alpha value is -3.00. The monoisotopic (exact) mass is 338 g/mol. The number of pyridine rings is 1. The highest BCUT2D eigenvalue weighted by Crippen LogP contribution is 2.36. The number of anilines is 2. The topological polar surface area (TPSA) is 123 Å². The number of nitrogens with one attached hydrogen (secondary N) is 1. The van der Waals surface area contributed by atoms with E-state index in [0.717, 1.165) is 11.4 Å². The molecule has 4 rings (SSSR count). The second-order valence-corrected chi connectivity index (χ2v) is 6.11. The van der Waals surface area contributed by atoms with Crippen LogP contribution in [0.3, 0.4) is 0 Å². The van der Waals surface area contributed by atoms with E-state index in [-0.39, 0.29) is 18.0 Å². The SMILES string of the molecule is Nc1nc(NCc2cc(-c3ccccn3)no2)cc(C2CC(O)C2)n1. The molecule has 3 aromatic rings. The Morgan fingerprint density at radius 3 is 2.84 bits per heavy atom. The fourth-order valence-corrected chi connectivity index (χ4v) is 2.82. The van der Waals surface area contributed by atoms with E-state index in [4.69, 9.17) is 10.3 Å². The Bertz CT molecular complexity index is 861. The van der Waals surface area contributed by atoms with Crippen molar-refractivity contribution in [3.8, 4) is 11.4 Å². The quantitative estimate of drug-likeness (QED) is 0.645. The largest absolute Gasteiger partial charge is 0.393 e. The van der Waals surface area contributed by atoms with Crippen molar-refractivity contribution >= 4 is 11.8 Å². The van der Waals surface area contributed by atoms with Crippen LogP contribution in [0, 0.1) is 0 Å². The summed E-state index contributed by atoms with van der Waals surface area (Å²) in [5, 5.41) is 16.7. The van der Waals surface area contributed by atoms with Gasteiger partial charge in [0, 0.05) is 24.2 Å². The number of aromatic nitrogens is 4. The van der Waals surface area contributed by atoms with Crippen LogP contribution in [-0.4, -0.2) is 31.3 Å². The molecule has 0 atom stereocenters. The van der Waals surface area contributed by atoms with E-state index in [1.165, 1.54) is 0 Å². The van der Waals surface area contributed by atoms with Crippen molar-refractivity contribution in [1.29, 1.82) is 0 Å². The van der Waals surface area contributed by atoms with Crippen molar-refractivity contribution in [3.05, 3.63) is 48.0 Å². The van der Waals surface area contributed by atoms with E-state index in [2.05, 4.69) is 25.4 Å². The summed E-state index contributed by atoms with van der Waals surface area (Å²) in [7, 11) is 0. The van der Waals surface area contributed by atoms with Crippen molar-refractivity contribution in [1.82, 2.24) is 20.1 Å². The van der Waals surface area contributed by atoms with Crippen molar-refractivity contribution in [3.63, 3.8) is 0 Å². The highest BCUT2D eigenvalue weighted by Gasteiger charge is 2.30. The minimum atomic E-state index is -0.239. The van der Waals surface area contributed by atoms with Crippen molar-refractivity contribution in [2.24, 2.45) is 0 Å². The zero-order valence-corrected chi connectivity index (χ0v) is 13.5. The minimum Gasteiger partial charge on any atom is -0.393 e. The molecule has 3 aromatic heterocycles. The van der Waals surface area contributed by atoms with Crippen molar-refractivity contribution in [2.45, 2.75) is 31.4 Å². The van der Waals surface area contributed by atoms with Crippen LogP contribution in [0.1, 0.15) is 30.2 Å². The van der Waals surface area contributed by atoms with Crippen molar-refractivity contribution < 1.29 is 9.63 Å². The Balaban J connectivity index is 1.44. The maximum Gasteiger partial charge on any atom is 0.222 e. The molecule has 3 heterocycles. The molecule has 0 amide bonds. The number of nitrogens with two attached hydrogens (primary N) is 1. The van der Waals surface area contributed by atoms with E-state index >= 15 is 0 Å². The summed E-state index contributed by atoms with van der Waals surface area (Å²) >= 11 is 0. The van der Waals surface area contributed by atoms with Crippen LogP contribution >= 0.6 is 0 Å². The summed E-state index contributed by atoms with van der Waals surface area (Å²) in [6, 6.07) is 9.33. The van der Waals surface area contributed by atoms with Gasteiger partial charge in [-0.1, -0.05) is 11.2 Å². The molecule has 0 saturated heterocycles. The first-order valence-electron chi connectivity index (χ1n) is 8.11. The van der Waals surface area contributed by atoms with E-state index in [0.29, 0.717) is 36.7 Å². The number of aliphatic hydroxyl groups excluding tert-OH is 1. The summed E-state index contributed by atoms with van der Waals surface area (Å²) < 4.78 is 5.33. The number of nitrogen functional groups attached to an aromatic ring is 1. The molecule has 1 saturated carbocycles. The fraction of sp³-hybridized carbons (Fsp3) is 0.294. The lowest BCUT2D eigenvalue weighted by Gasteiger charge is -2.30. The van der Waals surface area contributed by atoms with Gasteiger partial charge in [0.25, 0.3) is 0 Å². The van der Waals surface area contributed by atoms with Gasteiger partial charge in [-0.15, -0.1) is 0 Å². The number of hydrogen-bond donors (Lipinski definition) is 3. The molecular formula is C17H18N6O2. The Kier molecular flexibility index (Phi) is 4.02. The molecule has 8 heteroatoms. The highest BCUT2D eigenvalue weighted by atomic mass is 16.5. The van der Waals surface area contributed by atoms with Gasteiger partial charge < -0.3 is 20.7 Å². The first kappa shape index (κ1) is 15.5. The summed E-state index contributed by atoms with van der Waals surface area (Å²) in [6.07, 6.45) is 2.90. The van der Waals surface area contributed by atoms with Gasteiger partial charge in [-0.05, 0) is 25.0 Å². The number of nitrogens with zero attached hydrogens (tertiary/aromatic N) is 4. The first-order chi connectivity index (χ1) is 12.2. The zero-order valence-electron chi connectivity index (χ0n) is 13.5. The third-order valence-electron chi connectivity index (χ3n) is 4.22. The number of aliphatic hydroxyl groups is 1. The van der Waals surface area contributed by atoms with E-state index in [1.807, 2.05) is 30.3 Å². The van der Waals surface area contributed by atoms with Crippen LogP contribution in [0.4, 0.5) is 11.8 Å². The normalized spacial score (nSPS) is 19.4. The van der Waals surface area contributed by atoms with Crippen LogP contribution in [0.2, 0.25) is 0 Å². The predicted octanol–water partition coefficient (Wildman–Crippen LogP) is 1.96. The Morgan fingerprint density at radius 2 is 2.08 bits per heavy atom. The van der Waals surface area contributed by atoms with E-state index < -0.39 is 0 Å². The summed E-state index contributed by atoms with van der Waals surface area (Å²) in [6.45, 7) is 0.420. The lowest BCUT2D eigenvalue weighted by molar-refractivity contribution is 0.0732. The Morgan fingerprint density at radius 1 is 1.20 bits per heavy atom. The molecule has 25 heavy (non-hydrogen) atoms.